The Morgan fingerprint density at radius 3 is 2.59 bits per heavy atom. The van der Waals surface area contributed by atoms with Gasteiger partial charge in [0.25, 0.3) is 0 Å². The number of hydrogen-bond acceptors (Lipinski definition) is 6. The van der Waals surface area contributed by atoms with E-state index in [4.69, 9.17) is 9.47 Å². The fraction of sp³-hybridized carbons (Fsp3) is 0.357. The van der Waals surface area contributed by atoms with Crippen LogP contribution in [-0.4, -0.2) is 49.5 Å². The van der Waals surface area contributed by atoms with Gasteiger partial charge in [0.05, 0.1) is 20.2 Å². The summed E-state index contributed by atoms with van der Waals surface area (Å²) >= 11 is 1.42. The molecule has 0 fully saturated rings. The summed E-state index contributed by atoms with van der Waals surface area (Å²) in [7, 11) is 1.59. The molecule has 0 saturated heterocycles. The Kier molecular flexibility index (Phi) is 6.08. The first-order valence-corrected chi connectivity index (χ1v) is 7.71. The van der Waals surface area contributed by atoms with E-state index < -0.39 is 11.8 Å². The Balaban J connectivity index is 1.64. The molecule has 22 heavy (non-hydrogen) atoms. The highest BCUT2D eigenvalue weighted by atomic mass is 32.2. The zero-order chi connectivity index (χ0) is 15.8. The van der Waals surface area contributed by atoms with Gasteiger partial charge in [0.1, 0.15) is 18.1 Å². The number of nitrogens with zero attached hydrogens (tertiary/aromatic N) is 1. The lowest BCUT2D eigenvalue weighted by molar-refractivity contribution is -0.138. The van der Waals surface area contributed by atoms with Crippen molar-refractivity contribution in [3.63, 3.8) is 0 Å². The zero-order valence-corrected chi connectivity index (χ0v) is 12.9. The second kappa shape index (κ2) is 8.28. The lowest BCUT2D eigenvalue weighted by Crippen LogP contribution is -2.42. The highest BCUT2D eigenvalue weighted by Gasteiger charge is 2.17. The second-order valence-corrected chi connectivity index (χ2v) is 5.35. The molecule has 0 bridgehead atoms. The number of hydrogen-bond donors (Lipinski definition) is 2. The Morgan fingerprint density at radius 1 is 1.23 bits per heavy atom. The summed E-state index contributed by atoms with van der Waals surface area (Å²) in [5.41, 5.74) is 0. The maximum Gasteiger partial charge on any atom is 0.315 e. The first kappa shape index (κ1) is 16.2. The number of rotatable bonds is 5. The van der Waals surface area contributed by atoms with E-state index in [1.165, 1.54) is 11.8 Å². The van der Waals surface area contributed by atoms with Crippen molar-refractivity contribution < 1.29 is 19.1 Å². The summed E-state index contributed by atoms with van der Waals surface area (Å²) in [5, 5.41) is 5.44. The maximum atomic E-state index is 11.6. The number of amidine groups is 1. The van der Waals surface area contributed by atoms with Crippen molar-refractivity contribution in [3.05, 3.63) is 24.3 Å². The molecular weight excluding hydrogens is 306 g/mol. The first-order valence-electron chi connectivity index (χ1n) is 6.72. The van der Waals surface area contributed by atoms with Crippen LogP contribution in [-0.2, 0) is 9.59 Å². The van der Waals surface area contributed by atoms with E-state index in [0.717, 1.165) is 11.5 Å². The molecule has 0 spiro atoms. The molecule has 1 aromatic carbocycles. The van der Waals surface area contributed by atoms with Crippen molar-refractivity contribution >= 4 is 28.7 Å². The molecule has 2 rings (SSSR count). The van der Waals surface area contributed by atoms with Crippen LogP contribution in [0.2, 0.25) is 0 Å². The van der Waals surface area contributed by atoms with Crippen LogP contribution in [0.3, 0.4) is 0 Å². The molecule has 8 heteroatoms. The number of carbonyl (C=O) groups is 2. The number of ether oxygens (including phenoxy) is 2. The predicted octanol–water partition coefficient (Wildman–Crippen LogP) is 0.409. The van der Waals surface area contributed by atoms with Gasteiger partial charge in [-0.25, -0.2) is 0 Å². The molecule has 1 aliphatic rings. The fourth-order valence-corrected chi connectivity index (χ4v) is 2.37. The van der Waals surface area contributed by atoms with E-state index in [9.17, 15) is 9.59 Å². The number of methoxy groups -OCH3 is 1. The number of amides is 2. The first-order chi connectivity index (χ1) is 10.7. The van der Waals surface area contributed by atoms with Crippen molar-refractivity contribution in [3.8, 4) is 11.5 Å². The Labute approximate surface area is 132 Å². The van der Waals surface area contributed by atoms with Gasteiger partial charge < -0.3 is 14.8 Å². The molecule has 7 nitrogen and oxygen atoms in total. The standard InChI is InChI=1S/C14H17N3O4S/c1-20-10-2-4-11(5-3-10)21-8-6-15-12(18)13(19)17-14-16-7-9-22-14/h2-5H,6-9H2,1H3,(H,15,18)(H,16,17,19). The fourth-order valence-electron chi connectivity index (χ4n) is 1.65. The van der Waals surface area contributed by atoms with Crippen LogP contribution in [0.5, 0.6) is 11.5 Å². The minimum Gasteiger partial charge on any atom is -0.497 e. The third-order valence-corrected chi connectivity index (χ3v) is 3.62. The van der Waals surface area contributed by atoms with Gasteiger partial charge in [0.15, 0.2) is 5.17 Å². The molecule has 0 aromatic heterocycles. The zero-order valence-electron chi connectivity index (χ0n) is 12.1. The lowest BCUT2D eigenvalue weighted by atomic mass is 10.3. The molecule has 0 saturated carbocycles. The Hall–Kier alpha value is -2.22. The Morgan fingerprint density at radius 2 is 1.95 bits per heavy atom. The molecule has 0 unspecified atom stereocenters. The third-order valence-electron chi connectivity index (χ3n) is 2.73. The quantitative estimate of drug-likeness (QED) is 0.605. The summed E-state index contributed by atoms with van der Waals surface area (Å²) in [4.78, 5) is 27.2. The van der Waals surface area contributed by atoms with Crippen LogP contribution < -0.4 is 20.1 Å². The normalized spacial score (nSPS) is 13.2. The summed E-state index contributed by atoms with van der Waals surface area (Å²) in [6.07, 6.45) is 0. The average Bonchev–Trinajstić information content (AvgIpc) is 3.04. The molecule has 1 heterocycles. The van der Waals surface area contributed by atoms with Crippen LogP contribution in [0.15, 0.2) is 29.3 Å². The minimum atomic E-state index is -0.711. The van der Waals surface area contributed by atoms with Crippen LogP contribution in [0, 0.1) is 0 Å². The summed E-state index contributed by atoms with van der Waals surface area (Å²) in [6, 6.07) is 7.09. The number of carbonyl (C=O) groups excluding carboxylic acids is 2. The number of benzene rings is 1. The molecular formula is C14H17N3O4S. The predicted molar refractivity (Wildman–Crippen MR) is 84.4 cm³/mol. The smallest absolute Gasteiger partial charge is 0.315 e. The molecule has 0 radical (unpaired) electrons. The molecule has 0 aliphatic carbocycles. The summed E-state index contributed by atoms with van der Waals surface area (Å²) < 4.78 is 10.5. The van der Waals surface area contributed by atoms with E-state index in [-0.39, 0.29) is 13.2 Å². The van der Waals surface area contributed by atoms with Gasteiger partial charge in [-0.3, -0.25) is 19.9 Å². The van der Waals surface area contributed by atoms with E-state index in [2.05, 4.69) is 15.6 Å². The van der Waals surface area contributed by atoms with Gasteiger partial charge in [-0.15, -0.1) is 0 Å². The van der Waals surface area contributed by atoms with Crippen molar-refractivity contribution in [2.45, 2.75) is 0 Å². The largest absolute Gasteiger partial charge is 0.497 e. The van der Waals surface area contributed by atoms with Gasteiger partial charge in [0.2, 0.25) is 0 Å². The molecule has 2 N–H and O–H groups in total. The highest BCUT2D eigenvalue weighted by molar-refractivity contribution is 8.14. The van der Waals surface area contributed by atoms with Crippen molar-refractivity contribution in [1.82, 2.24) is 10.6 Å². The monoisotopic (exact) mass is 323 g/mol. The van der Waals surface area contributed by atoms with Gasteiger partial charge in [0, 0.05) is 5.75 Å². The van der Waals surface area contributed by atoms with E-state index in [0.29, 0.717) is 17.5 Å². The second-order valence-electron chi connectivity index (χ2n) is 4.27. The SMILES string of the molecule is COc1ccc(OCCNC(=O)C(=O)NC2=NCCS2)cc1. The van der Waals surface area contributed by atoms with Gasteiger partial charge in [-0.1, -0.05) is 11.8 Å². The van der Waals surface area contributed by atoms with Gasteiger partial charge in [-0.2, -0.15) is 0 Å². The minimum absolute atomic E-state index is 0.234. The maximum absolute atomic E-state index is 11.6. The van der Waals surface area contributed by atoms with E-state index in [1.807, 2.05) is 0 Å². The topological polar surface area (TPSA) is 89.0 Å². The van der Waals surface area contributed by atoms with Crippen molar-refractivity contribution in [1.29, 1.82) is 0 Å². The average molecular weight is 323 g/mol. The Bertz CT molecular complexity index is 560. The van der Waals surface area contributed by atoms with Crippen LogP contribution >= 0.6 is 11.8 Å². The van der Waals surface area contributed by atoms with Gasteiger partial charge >= 0.3 is 11.8 Å². The summed E-state index contributed by atoms with van der Waals surface area (Å²) in [6.45, 7) is 1.16. The van der Waals surface area contributed by atoms with E-state index in [1.54, 1.807) is 31.4 Å². The lowest BCUT2D eigenvalue weighted by Gasteiger charge is -2.08. The van der Waals surface area contributed by atoms with Crippen molar-refractivity contribution in [2.75, 3.05) is 32.6 Å². The van der Waals surface area contributed by atoms with Crippen LogP contribution in [0.1, 0.15) is 0 Å². The molecule has 1 aliphatic heterocycles. The van der Waals surface area contributed by atoms with E-state index >= 15 is 0 Å². The van der Waals surface area contributed by atoms with Crippen molar-refractivity contribution in [2.24, 2.45) is 4.99 Å². The highest BCUT2D eigenvalue weighted by Crippen LogP contribution is 2.16. The molecule has 2 amide bonds. The van der Waals surface area contributed by atoms with Gasteiger partial charge in [-0.05, 0) is 24.3 Å². The summed E-state index contributed by atoms with van der Waals surface area (Å²) in [5.74, 6) is 0.819. The molecule has 0 atom stereocenters. The number of aliphatic imine (C=N–C) groups is 1. The molecule has 118 valence electrons. The van der Waals surface area contributed by atoms with Crippen LogP contribution in [0.4, 0.5) is 0 Å². The molecule has 1 aromatic rings. The number of nitrogens with one attached hydrogen (secondary N) is 2. The van der Waals surface area contributed by atoms with Crippen LogP contribution in [0.25, 0.3) is 0 Å². The third kappa shape index (κ3) is 4.96. The number of thioether (sulfide) groups is 1.